The Bertz CT molecular complexity index is 206. The summed E-state index contributed by atoms with van der Waals surface area (Å²) in [6.07, 6.45) is 1.15. The van der Waals surface area contributed by atoms with Gasteiger partial charge >= 0.3 is 0 Å². The van der Waals surface area contributed by atoms with Crippen molar-refractivity contribution in [1.29, 1.82) is 0 Å². The molecule has 0 aliphatic rings. The summed E-state index contributed by atoms with van der Waals surface area (Å²) in [5.41, 5.74) is 0.560. The summed E-state index contributed by atoms with van der Waals surface area (Å²) in [4.78, 5) is 11.3. The third-order valence-electron chi connectivity index (χ3n) is 1.41. The van der Waals surface area contributed by atoms with Gasteiger partial charge in [0.25, 0.3) is 8.32 Å². The molecule has 0 rings (SSSR count). The number of nitrogens with zero attached hydrogens (tertiary/aromatic N) is 1. The van der Waals surface area contributed by atoms with Crippen LogP contribution in [0.5, 0.6) is 0 Å². The first-order valence-corrected chi connectivity index (χ1v) is 8.09. The molecule has 0 aromatic rings. The number of carbonyl (C=O) groups is 1. The Morgan fingerprint density at radius 1 is 1.23 bits per heavy atom. The van der Waals surface area contributed by atoms with Crippen molar-refractivity contribution < 1.29 is 9.32 Å². The van der Waals surface area contributed by atoms with Gasteiger partial charge in [-0.05, 0) is 26.1 Å². The van der Waals surface area contributed by atoms with Crippen LogP contribution in [0.25, 0.3) is 0 Å². The summed E-state index contributed by atoms with van der Waals surface area (Å²) in [6.45, 7) is 9.88. The van der Waals surface area contributed by atoms with E-state index in [0.717, 1.165) is 0 Å². The van der Waals surface area contributed by atoms with Crippen LogP contribution in [0, 0.1) is 0 Å². The van der Waals surface area contributed by atoms with E-state index >= 15 is 0 Å². The first kappa shape index (κ1) is 12.4. The van der Waals surface area contributed by atoms with E-state index in [1.165, 1.54) is 0 Å². The molecule has 0 aromatic carbocycles. The molecule has 0 unspecified atom stereocenters. The monoisotopic (exact) mass is 201 g/mol. The van der Waals surface area contributed by atoms with Crippen molar-refractivity contribution in [2.75, 3.05) is 0 Å². The molecule has 0 saturated heterocycles. The minimum Gasteiger partial charge on any atom is -0.455 e. The predicted molar refractivity (Wildman–Crippen MR) is 57.5 cm³/mol. The average molecular weight is 201 g/mol. The molecule has 0 fully saturated rings. The van der Waals surface area contributed by atoms with E-state index in [2.05, 4.69) is 5.16 Å². The first-order chi connectivity index (χ1) is 5.90. The normalized spacial score (nSPS) is 12.8. The number of hydrogen-bond donors (Lipinski definition) is 0. The second-order valence-corrected chi connectivity index (χ2v) is 8.28. The zero-order valence-electron chi connectivity index (χ0n) is 9.18. The van der Waals surface area contributed by atoms with Gasteiger partial charge in [-0.15, -0.1) is 5.16 Å². The Hall–Kier alpha value is -0.643. The standard InChI is InChI=1S/C9H19NO2Si/c1-6-8(9(11)7-2)10-12-13(3,4)5/h6-7H2,1-5H3/b10-8+. The number of carbonyl (C=O) groups excluding carboxylic acids is 1. The highest BCUT2D eigenvalue weighted by Crippen LogP contribution is 2.04. The fourth-order valence-electron chi connectivity index (χ4n) is 0.709. The van der Waals surface area contributed by atoms with E-state index in [1.54, 1.807) is 0 Å². The third kappa shape index (κ3) is 5.57. The fourth-order valence-corrected chi connectivity index (χ4v) is 1.09. The number of Topliss-reactive ketones (excluding diaryl/α,β-unsaturated/α-hetero) is 1. The van der Waals surface area contributed by atoms with Gasteiger partial charge in [-0.1, -0.05) is 13.8 Å². The van der Waals surface area contributed by atoms with E-state index in [1.807, 2.05) is 33.5 Å². The molecule has 0 N–H and O–H groups in total. The molecule has 4 heteroatoms. The molecule has 0 aromatic heterocycles. The Kier molecular flexibility index (Phi) is 4.91. The maximum atomic E-state index is 11.3. The van der Waals surface area contributed by atoms with E-state index < -0.39 is 8.32 Å². The van der Waals surface area contributed by atoms with Crippen LogP contribution in [0.4, 0.5) is 0 Å². The topological polar surface area (TPSA) is 38.7 Å². The zero-order valence-corrected chi connectivity index (χ0v) is 10.2. The molecule has 0 aliphatic carbocycles. The Morgan fingerprint density at radius 3 is 2.08 bits per heavy atom. The number of oxime groups is 1. The van der Waals surface area contributed by atoms with Gasteiger partial charge in [-0.2, -0.15) is 0 Å². The third-order valence-corrected chi connectivity index (χ3v) is 2.05. The molecule has 3 nitrogen and oxygen atoms in total. The lowest BCUT2D eigenvalue weighted by Gasteiger charge is -2.13. The number of ketones is 1. The number of hydrogen-bond acceptors (Lipinski definition) is 3. The molecule has 0 radical (unpaired) electrons. The van der Waals surface area contributed by atoms with Gasteiger partial charge in [0.05, 0.1) is 0 Å². The lowest BCUT2D eigenvalue weighted by atomic mass is 10.1. The predicted octanol–water partition coefficient (Wildman–Crippen LogP) is 2.58. The summed E-state index contributed by atoms with van der Waals surface area (Å²) >= 11 is 0. The summed E-state index contributed by atoms with van der Waals surface area (Å²) in [5, 5.41) is 3.91. The van der Waals surface area contributed by atoms with Crippen molar-refractivity contribution in [3.63, 3.8) is 0 Å². The molecule has 76 valence electrons. The molecule has 0 spiro atoms. The van der Waals surface area contributed by atoms with E-state index in [9.17, 15) is 4.79 Å². The Morgan fingerprint density at radius 2 is 1.77 bits per heavy atom. The van der Waals surface area contributed by atoms with Gasteiger partial charge < -0.3 is 4.53 Å². The van der Waals surface area contributed by atoms with Crippen LogP contribution in [-0.4, -0.2) is 19.8 Å². The quantitative estimate of drug-likeness (QED) is 0.389. The fraction of sp³-hybridized carbons (Fsp3) is 0.778. The van der Waals surface area contributed by atoms with Crippen LogP contribution in [0.15, 0.2) is 5.16 Å². The summed E-state index contributed by atoms with van der Waals surface area (Å²) in [5.74, 6) is 0.0840. The van der Waals surface area contributed by atoms with Crippen molar-refractivity contribution >= 4 is 19.8 Å². The van der Waals surface area contributed by atoms with Gasteiger partial charge in [-0.25, -0.2) is 0 Å². The minimum atomic E-state index is -1.63. The largest absolute Gasteiger partial charge is 0.455 e. The molecular weight excluding hydrogens is 182 g/mol. The SMILES string of the molecule is CCC(=O)/C(CC)=N/O[Si](C)(C)C. The second kappa shape index (κ2) is 5.17. The highest BCUT2D eigenvalue weighted by Gasteiger charge is 2.17. The summed E-state index contributed by atoms with van der Waals surface area (Å²) in [7, 11) is -1.63. The van der Waals surface area contributed by atoms with Crippen molar-refractivity contribution in [2.24, 2.45) is 5.16 Å². The van der Waals surface area contributed by atoms with Crippen molar-refractivity contribution in [1.82, 2.24) is 0 Å². The minimum absolute atomic E-state index is 0.0840. The molecule has 0 atom stereocenters. The highest BCUT2D eigenvalue weighted by atomic mass is 28.4. The molecule has 0 bridgehead atoms. The number of rotatable bonds is 5. The highest BCUT2D eigenvalue weighted by molar-refractivity contribution is 6.69. The van der Waals surface area contributed by atoms with Gasteiger partial charge in [0.1, 0.15) is 5.71 Å². The lowest BCUT2D eigenvalue weighted by Crippen LogP contribution is -2.24. The molecule has 0 amide bonds. The van der Waals surface area contributed by atoms with Crippen LogP contribution < -0.4 is 0 Å². The maximum Gasteiger partial charge on any atom is 0.278 e. The molecule has 0 saturated carbocycles. The van der Waals surface area contributed by atoms with Crippen molar-refractivity contribution in [2.45, 2.75) is 46.3 Å². The van der Waals surface area contributed by atoms with E-state index in [4.69, 9.17) is 4.53 Å². The van der Waals surface area contributed by atoms with Crippen molar-refractivity contribution in [3.05, 3.63) is 0 Å². The van der Waals surface area contributed by atoms with Crippen LogP contribution in [0.1, 0.15) is 26.7 Å². The van der Waals surface area contributed by atoms with E-state index in [0.29, 0.717) is 18.6 Å². The Balaban J connectivity index is 4.32. The van der Waals surface area contributed by atoms with Crippen molar-refractivity contribution in [3.8, 4) is 0 Å². The Labute approximate surface area is 81.3 Å². The molecular formula is C9H19NO2Si. The average Bonchev–Trinajstić information content (AvgIpc) is 2.03. The molecule has 0 aliphatic heterocycles. The smallest absolute Gasteiger partial charge is 0.278 e. The van der Waals surface area contributed by atoms with E-state index in [-0.39, 0.29) is 5.78 Å². The van der Waals surface area contributed by atoms with Crippen LogP contribution in [0.3, 0.4) is 0 Å². The van der Waals surface area contributed by atoms with Gasteiger partial charge in [-0.3, -0.25) is 4.79 Å². The zero-order chi connectivity index (χ0) is 10.5. The van der Waals surface area contributed by atoms with Gasteiger partial charge in [0, 0.05) is 6.42 Å². The summed E-state index contributed by atoms with van der Waals surface area (Å²) in [6, 6.07) is 0. The van der Waals surface area contributed by atoms with Crippen LogP contribution in [0.2, 0.25) is 19.6 Å². The summed E-state index contributed by atoms with van der Waals surface area (Å²) < 4.78 is 5.31. The second-order valence-electron chi connectivity index (χ2n) is 3.87. The van der Waals surface area contributed by atoms with Crippen LogP contribution in [-0.2, 0) is 9.32 Å². The van der Waals surface area contributed by atoms with Gasteiger partial charge in [0.2, 0.25) is 0 Å². The maximum absolute atomic E-state index is 11.3. The van der Waals surface area contributed by atoms with Crippen LogP contribution >= 0.6 is 0 Å². The van der Waals surface area contributed by atoms with Gasteiger partial charge in [0.15, 0.2) is 5.78 Å². The lowest BCUT2D eigenvalue weighted by molar-refractivity contribution is -0.112. The first-order valence-electron chi connectivity index (χ1n) is 4.69. The molecule has 13 heavy (non-hydrogen) atoms. The molecule has 0 heterocycles.